The highest BCUT2D eigenvalue weighted by Crippen LogP contribution is 2.43. The zero-order valence-electron chi connectivity index (χ0n) is 35.8. The number of phosphoric acid groups is 1. The number of aliphatic carboxylic acids is 1. The van der Waals surface area contributed by atoms with Gasteiger partial charge in [0.25, 0.3) is 0 Å². The van der Waals surface area contributed by atoms with Gasteiger partial charge in [0.2, 0.25) is 5.91 Å². The van der Waals surface area contributed by atoms with E-state index in [1.54, 1.807) is 0 Å². The number of aliphatic hydroxyl groups excluding tert-OH is 1. The number of rotatable bonds is 40. The lowest BCUT2D eigenvalue weighted by Gasteiger charge is -2.18. The number of esters is 1. The molecule has 332 valence electrons. The number of ether oxygens (including phenoxy) is 1. The van der Waals surface area contributed by atoms with Crippen LogP contribution in [0.25, 0.3) is 0 Å². The van der Waals surface area contributed by atoms with Crippen LogP contribution in [0.3, 0.4) is 0 Å². The van der Waals surface area contributed by atoms with E-state index in [0.717, 1.165) is 103 Å². The Hall–Kier alpha value is -3.08. The number of carbonyl (C=O) groups excluding carboxylic acids is 2. The van der Waals surface area contributed by atoms with E-state index in [2.05, 4.69) is 92.1 Å². The van der Waals surface area contributed by atoms with Gasteiger partial charge in [-0.15, -0.1) is 0 Å². The minimum absolute atomic E-state index is 0.131. The summed E-state index contributed by atoms with van der Waals surface area (Å²) < 4.78 is 26.8. The third-order valence-electron chi connectivity index (χ3n) is 8.98. The molecule has 4 N–H and O–H groups in total. The highest BCUT2D eigenvalue weighted by molar-refractivity contribution is 7.47. The van der Waals surface area contributed by atoms with E-state index in [9.17, 15) is 34.1 Å². The Kier molecular flexibility index (Phi) is 38.5. The molecule has 0 aliphatic heterocycles. The summed E-state index contributed by atoms with van der Waals surface area (Å²) in [7, 11) is -4.77. The fourth-order valence-corrected chi connectivity index (χ4v) is 6.34. The SMILES string of the molecule is CC/C=C\C/C=C\C/C=C\C/C=C\C/C=C\CCCCCCCC(=O)OCC(O)COP(=O)(O)OCC(NC(=O)CCCCCCC/C=C\CCCCCC)C(=O)O. The first-order valence-electron chi connectivity index (χ1n) is 22.0. The summed E-state index contributed by atoms with van der Waals surface area (Å²) in [5, 5.41) is 21.8. The number of unbranched alkanes of at least 4 members (excludes halogenated alkanes) is 14. The second-order valence-electron chi connectivity index (χ2n) is 14.5. The van der Waals surface area contributed by atoms with Crippen LogP contribution in [0.2, 0.25) is 0 Å². The zero-order chi connectivity index (χ0) is 42.8. The van der Waals surface area contributed by atoms with E-state index in [1.165, 1.54) is 25.7 Å². The van der Waals surface area contributed by atoms with E-state index < -0.39 is 57.6 Å². The molecule has 58 heavy (non-hydrogen) atoms. The summed E-state index contributed by atoms with van der Waals surface area (Å²) in [6.45, 7) is 2.42. The van der Waals surface area contributed by atoms with Crippen LogP contribution in [0.15, 0.2) is 72.9 Å². The third-order valence-corrected chi connectivity index (χ3v) is 9.93. The largest absolute Gasteiger partial charge is 0.480 e. The Morgan fingerprint density at radius 2 is 1.00 bits per heavy atom. The molecule has 0 aliphatic rings. The molecule has 0 aromatic rings. The van der Waals surface area contributed by atoms with Crippen LogP contribution in [0.1, 0.15) is 168 Å². The number of carboxylic acid groups (broad SMARTS) is 1. The van der Waals surface area contributed by atoms with Gasteiger partial charge < -0.3 is 25.2 Å². The van der Waals surface area contributed by atoms with Crippen molar-refractivity contribution in [1.82, 2.24) is 5.32 Å². The number of amides is 1. The minimum atomic E-state index is -4.77. The lowest BCUT2D eigenvalue weighted by molar-refractivity contribution is -0.147. The highest BCUT2D eigenvalue weighted by atomic mass is 31.2. The molecule has 11 nitrogen and oxygen atoms in total. The molecule has 3 atom stereocenters. The highest BCUT2D eigenvalue weighted by Gasteiger charge is 2.28. The maximum absolute atomic E-state index is 12.3. The zero-order valence-corrected chi connectivity index (χ0v) is 36.7. The van der Waals surface area contributed by atoms with Crippen molar-refractivity contribution >= 4 is 25.7 Å². The number of nitrogens with one attached hydrogen (secondary N) is 1. The minimum Gasteiger partial charge on any atom is -0.480 e. The predicted molar refractivity (Wildman–Crippen MR) is 235 cm³/mol. The Bertz CT molecular complexity index is 1260. The van der Waals surface area contributed by atoms with Crippen molar-refractivity contribution in [1.29, 1.82) is 0 Å². The number of hydrogen-bond acceptors (Lipinski definition) is 8. The van der Waals surface area contributed by atoms with Crippen molar-refractivity contribution in [2.45, 2.75) is 180 Å². The second kappa shape index (κ2) is 40.7. The normalized spacial score (nSPS) is 14.4. The maximum atomic E-state index is 12.3. The van der Waals surface area contributed by atoms with Gasteiger partial charge in [0.05, 0.1) is 13.2 Å². The van der Waals surface area contributed by atoms with E-state index in [1.807, 2.05) is 0 Å². The molecule has 0 spiro atoms. The summed E-state index contributed by atoms with van der Waals surface area (Å²) in [4.78, 5) is 45.9. The Labute approximate surface area is 350 Å². The molecular formula is C46H78NO10P. The first-order valence-corrected chi connectivity index (χ1v) is 23.5. The van der Waals surface area contributed by atoms with Crippen LogP contribution in [0, 0.1) is 0 Å². The van der Waals surface area contributed by atoms with Gasteiger partial charge in [-0.25, -0.2) is 9.36 Å². The number of hydrogen-bond donors (Lipinski definition) is 4. The van der Waals surface area contributed by atoms with Gasteiger partial charge in [0.1, 0.15) is 12.7 Å². The Morgan fingerprint density at radius 3 is 1.52 bits per heavy atom. The quantitative estimate of drug-likeness (QED) is 0.0202. The molecule has 12 heteroatoms. The number of allylic oxidation sites excluding steroid dienone is 12. The lowest BCUT2D eigenvalue weighted by atomic mass is 10.1. The summed E-state index contributed by atoms with van der Waals surface area (Å²) >= 11 is 0. The number of carbonyl (C=O) groups is 3. The lowest BCUT2D eigenvalue weighted by Crippen LogP contribution is -2.43. The molecule has 0 saturated carbocycles. The van der Waals surface area contributed by atoms with Crippen molar-refractivity contribution in [3.8, 4) is 0 Å². The van der Waals surface area contributed by atoms with Crippen LogP contribution in [-0.4, -0.2) is 64.9 Å². The topological polar surface area (TPSA) is 169 Å². The van der Waals surface area contributed by atoms with Crippen molar-refractivity contribution in [3.63, 3.8) is 0 Å². The molecule has 0 fully saturated rings. The van der Waals surface area contributed by atoms with Gasteiger partial charge in [0.15, 0.2) is 6.04 Å². The fraction of sp³-hybridized carbons (Fsp3) is 0.674. The molecule has 0 aromatic carbocycles. The van der Waals surface area contributed by atoms with Crippen LogP contribution in [-0.2, 0) is 32.7 Å². The van der Waals surface area contributed by atoms with Crippen molar-refractivity contribution in [2.75, 3.05) is 19.8 Å². The molecule has 0 aliphatic carbocycles. The van der Waals surface area contributed by atoms with Crippen molar-refractivity contribution in [3.05, 3.63) is 72.9 Å². The van der Waals surface area contributed by atoms with E-state index in [4.69, 9.17) is 13.8 Å². The maximum Gasteiger partial charge on any atom is 0.472 e. The van der Waals surface area contributed by atoms with Crippen LogP contribution in [0.5, 0.6) is 0 Å². The Balaban J connectivity index is 3.94. The molecule has 0 bridgehead atoms. The van der Waals surface area contributed by atoms with E-state index in [-0.39, 0.29) is 12.8 Å². The second-order valence-corrected chi connectivity index (χ2v) is 16.0. The van der Waals surface area contributed by atoms with Crippen molar-refractivity contribution < 1.29 is 47.8 Å². The first kappa shape index (κ1) is 54.9. The standard InChI is InChI=1S/C46H78NO10P/c1-3-5-7-9-11-13-15-17-18-19-20-21-22-23-24-26-28-30-32-34-36-38-45(50)55-39-42(48)40-56-58(53,54)57-41-43(46(51)52)47-44(49)37-35-33-31-29-27-25-16-14-12-10-8-6-4-2/h5,7,11,13-14,16-18,20-21,23-24,42-43,48H,3-4,6,8-10,12,15,19,22,25-41H2,1-2H3,(H,47,49)(H,51,52)(H,53,54)/b7-5-,13-11-,16-14-,18-17-,21-20-,24-23-. The van der Waals surface area contributed by atoms with Gasteiger partial charge >= 0.3 is 19.8 Å². The van der Waals surface area contributed by atoms with Gasteiger partial charge in [0, 0.05) is 12.8 Å². The average Bonchev–Trinajstić information content (AvgIpc) is 3.20. The predicted octanol–water partition coefficient (Wildman–Crippen LogP) is 11.3. The summed E-state index contributed by atoms with van der Waals surface area (Å²) in [6.07, 6.45) is 47.8. The first-order chi connectivity index (χ1) is 28.1. The third kappa shape index (κ3) is 39.7. The molecule has 3 unspecified atom stereocenters. The molecule has 0 heterocycles. The number of aliphatic hydroxyl groups is 1. The number of carboxylic acids is 1. The molecular weight excluding hydrogens is 757 g/mol. The number of phosphoric ester groups is 1. The van der Waals surface area contributed by atoms with Crippen LogP contribution < -0.4 is 5.32 Å². The summed E-state index contributed by atoms with van der Waals surface area (Å²) in [6, 6.07) is -1.56. The monoisotopic (exact) mass is 836 g/mol. The molecule has 0 saturated heterocycles. The van der Waals surface area contributed by atoms with Gasteiger partial charge in [-0.1, -0.05) is 145 Å². The average molecular weight is 836 g/mol. The van der Waals surface area contributed by atoms with Gasteiger partial charge in [-0.2, -0.15) is 0 Å². The van der Waals surface area contributed by atoms with Gasteiger partial charge in [-0.05, 0) is 83.5 Å². The summed E-state index contributed by atoms with van der Waals surface area (Å²) in [5.41, 5.74) is 0. The fourth-order valence-electron chi connectivity index (χ4n) is 5.57. The smallest absolute Gasteiger partial charge is 0.472 e. The van der Waals surface area contributed by atoms with E-state index in [0.29, 0.717) is 12.8 Å². The van der Waals surface area contributed by atoms with Crippen molar-refractivity contribution in [2.24, 2.45) is 0 Å². The van der Waals surface area contributed by atoms with Gasteiger partial charge in [-0.3, -0.25) is 18.6 Å². The molecule has 0 rings (SSSR count). The molecule has 0 aromatic heterocycles. The molecule has 1 amide bonds. The van der Waals surface area contributed by atoms with Crippen LogP contribution in [0.4, 0.5) is 0 Å². The molecule has 0 radical (unpaired) electrons. The Morgan fingerprint density at radius 1 is 0.569 bits per heavy atom. The van der Waals surface area contributed by atoms with E-state index >= 15 is 0 Å². The summed E-state index contributed by atoms with van der Waals surface area (Å²) in [5.74, 6) is -2.41. The van der Waals surface area contributed by atoms with Crippen LogP contribution >= 0.6 is 7.82 Å².